The molecule has 0 aliphatic carbocycles. The summed E-state index contributed by atoms with van der Waals surface area (Å²) < 4.78 is 5.81. The summed E-state index contributed by atoms with van der Waals surface area (Å²) in [6, 6.07) is 0. The molecule has 4 heteroatoms. The molecule has 0 amide bonds. The van der Waals surface area contributed by atoms with Gasteiger partial charge in [-0.15, -0.1) is 0 Å². The van der Waals surface area contributed by atoms with Crippen molar-refractivity contribution >= 4 is 30.7 Å². The molecule has 0 aliphatic heterocycles. The van der Waals surface area contributed by atoms with E-state index in [9.17, 15) is 0 Å². The summed E-state index contributed by atoms with van der Waals surface area (Å²) in [5, 5.41) is 0. The second-order valence-electron chi connectivity index (χ2n) is 4.60. The lowest BCUT2D eigenvalue weighted by atomic mass is 10.2. The van der Waals surface area contributed by atoms with Crippen LogP contribution in [-0.2, 0) is 24.1 Å². The molecule has 12 heavy (non-hydrogen) atoms. The van der Waals surface area contributed by atoms with Crippen molar-refractivity contribution in [2.75, 3.05) is 0 Å². The highest BCUT2D eigenvalue weighted by atomic mass is 33.3. The molecule has 74 valence electrons. The van der Waals surface area contributed by atoms with Crippen LogP contribution in [0.2, 0.25) is 0 Å². The average Bonchev–Trinajstić information content (AvgIpc) is 1.49. The van der Waals surface area contributed by atoms with E-state index in [-0.39, 0.29) is 10.3 Å². The molecule has 0 aromatic carbocycles. The Hall–Kier alpha value is 0.880. The first kappa shape index (κ1) is 12.9. The van der Waals surface area contributed by atoms with Crippen LogP contribution in [0.4, 0.5) is 0 Å². The van der Waals surface area contributed by atoms with Crippen LogP contribution in [0.15, 0.2) is 0 Å². The van der Waals surface area contributed by atoms with E-state index in [2.05, 4.69) is 20.8 Å². The third kappa shape index (κ3) is 8.97. The quantitative estimate of drug-likeness (QED) is 0.669. The van der Waals surface area contributed by atoms with Gasteiger partial charge in [0.2, 0.25) is 0 Å². The Labute approximate surface area is 86.8 Å². The van der Waals surface area contributed by atoms with Gasteiger partial charge in [-0.25, -0.2) is 0 Å². The van der Waals surface area contributed by atoms with Crippen molar-refractivity contribution in [1.29, 1.82) is 0 Å². The van der Waals surface area contributed by atoms with Crippen LogP contribution in [0.5, 0.6) is 0 Å². The SMILES string of the molecule is CC(C)(C)OS(=S)SC(C)(C)C. The van der Waals surface area contributed by atoms with E-state index in [0.29, 0.717) is 0 Å². The van der Waals surface area contributed by atoms with Gasteiger partial charge >= 0.3 is 0 Å². The molecule has 0 rings (SSSR count). The predicted molar refractivity (Wildman–Crippen MR) is 62.9 cm³/mol. The van der Waals surface area contributed by atoms with E-state index in [1.807, 2.05) is 20.8 Å². The zero-order valence-electron chi connectivity index (χ0n) is 8.63. The molecular weight excluding hydrogens is 208 g/mol. The third-order valence-electron chi connectivity index (χ3n) is 0.636. The standard InChI is InChI=1S/C8H18OS3/c1-7(2,3)9-12(10)11-8(4,5)6/h1-6H3. The minimum Gasteiger partial charge on any atom is -0.297 e. The maximum absolute atomic E-state index is 5.62. The fourth-order valence-electron chi connectivity index (χ4n) is 0.425. The largest absolute Gasteiger partial charge is 0.297 e. The van der Waals surface area contributed by atoms with Gasteiger partial charge in [0.15, 0.2) is 0 Å². The Balaban J connectivity index is 3.92. The smallest absolute Gasteiger partial charge is 0.0757 e. The van der Waals surface area contributed by atoms with Gasteiger partial charge in [0, 0.05) is 4.75 Å². The molecular formula is C8H18OS3. The molecule has 0 N–H and O–H groups in total. The van der Waals surface area contributed by atoms with Crippen LogP contribution in [0.3, 0.4) is 0 Å². The van der Waals surface area contributed by atoms with Crippen molar-refractivity contribution in [3.8, 4) is 0 Å². The summed E-state index contributed by atoms with van der Waals surface area (Å²) in [4.78, 5) is 0. The summed E-state index contributed by atoms with van der Waals surface area (Å²) in [5.41, 5.74) is -0.122. The molecule has 0 spiro atoms. The molecule has 1 unspecified atom stereocenters. The van der Waals surface area contributed by atoms with E-state index in [4.69, 9.17) is 15.4 Å². The fraction of sp³-hybridized carbons (Fsp3) is 1.00. The predicted octanol–water partition coefficient (Wildman–Crippen LogP) is 3.24. The van der Waals surface area contributed by atoms with Gasteiger partial charge in [0.25, 0.3) is 0 Å². The van der Waals surface area contributed by atoms with Gasteiger partial charge in [-0.2, -0.15) is 0 Å². The van der Waals surface area contributed by atoms with E-state index < -0.39 is 8.77 Å². The second kappa shape index (κ2) is 4.40. The van der Waals surface area contributed by atoms with Gasteiger partial charge in [-0.1, -0.05) is 31.6 Å². The van der Waals surface area contributed by atoms with E-state index in [0.717, 1.165) is 0 Å². The number of hydrogen-bond acceptors (Lipinski definition) is 3. The highest BCUT2D eigenvalue weighted by molar-refractivity contribution is 8.81. The zero-order chi connectivity index (χ0) is 9.99. The van der Waals surface area contributed by atoms with E-state index in [1.54, 1.807) is 10.8 Å². The van der Waals surface area contributed by atoms with Gasteiger partial charge in [-0.05, 0) is 32.0 Å². The molecule has 1 nitrogen and oxygen atoms in total. The maximum Gasteiger partial charge on any atom is 0.0757 e. The number of rotatable bonds is 2. The van der Waals surface area contributed by atoms with E-state index >= 15 is 0 Å². The topological polar surface area (TPSA) is 9.23 Å². The fourth-order valence-corrected chi connectivity index (χ4v) is 5.66. The Morgan fingerprint density at radius 2 is 1.50 bits per heavy atom. The van der Waals surface area contributed by atoms with Gasteiger partial charge in [0.1, 0.15) is 0 Å². The monoisotopic (exact) mass is 226 g/mol. The lowest BCUT2D eigenvalue weighted by Crippen LogP contribution is -2.21. The van der Waals surface area contributed by atoms with Crippen LogP contribution in [0.1, 0.15) is 41.5 Å². The van der Waals surface area contributed by atoms with Crippen molar-refractivity contribution in [2.24, 2.45) is 0 Å². The first-order valence-electron chi connectivity index (χ1n) is 3.91. The van der Waals surface area contributed by atoms with E-state index in [1.165, 1.54) is 0 Å². The van der Waals surface area contributed by atoms with Crippen molar-refractivity contribution < 1.29 is 4.18 Å². The molecule has 0 heterocycles. The Kier molecular flexibility index (Phi) is 4.72. The lowest BCUT2D eigenvalue weighted by molar-refractivity contribution is 0.165. The van der Waals surface area contributed by atoms with Crippen molar-refractivity contribution in [3.63, 3.8) is 0 Å². The molecule has 0 saturated heterocycles. The van der Waals surface area contributed by atoms with Crippen LogP contribution >= 0.6 is 10.8 Å². The number of hydrogen-bond donors (Lipinski definition) is 0. The van der Waals surface area contributed by atoms with Gasteiger partial charge in [0.05, 0.1) is 14.4 Å². The van der Waals surface area contributed by atoms with Gasteiger partial charge in [-0.3, -0.25) is 4.18 Å². The molecule has 1 atom stereocenters. The summed E-state index contributed by atoms with van der Waals surface area (Å²) in [6.45, 7) is 12.5. The highest BCUT2D eigenvalue weighted by Crippen LogP contribution is 2.29. The molecule has 0 saturated carbocycles. The first-order valence-corrected chi connectivity index (χ1v) is 7.32. The molecule has 0 aromatic rings. The minimum atomic E-state index is -0.409. The third-order valence-corrected chi connectivity index (χ3v) is 4.84. The van der Waals surface area contributed by atoms with Gasteiger partial charge < -0.3 is 0 Å². The van der Waals surface area contributed by atoms with Crippen molar-refractivity contribution in [3.05, 3.63) is 0 Å². The first-order chi connectivity index (χ1) is 5.10. The molecule has 0 bridgehead atoms. The normalized spacial score (nSPS) is 16.2. The zero-order valence-corrected chi connectivity index (χ0v) is 11.1. The van der Waals surface area contributed by atoms with Crippen LogP contribution in [0, 0.1) is 0 Å². The molecule has 0 radical (unpaired) electrons. The summed E-state index contributed by atoms with van der Waals surface area (Å²) in [6.07, 6.45) is 0. The van der Waals surface area contributed by atoms with Crippen LogP contribution < -0.4 is 0 Å². The Bertz CT molecular complexity index is 146. The van der Waals surface area contributed by atoms with Crippen LogP contribution in [0.25, 0.3) is 0 Å². The highest BCUT2D eigenvalue weighted by Gasteiger charge is 2.18. The maximum atomic E-state index is 5.62. The van der Waals surface area contributed by atoms with Crippen molar-refractivity contribution in [1.82, 2.24) is 0 Å². The molecule has 0 aromatic heterocycles. The summed E-state index contributed by atoms with van der Waals surface area (Å²) in [7, 11) is 1.30. The lowest BCUT2D eigenvalue weighted by Gasteiger charge is -2.23. The summed E-state index contributed by atoms with van der Waals surface area (Å²) >= 11 is 5.20. The Morgan fingerprint density at radius 3 is 1.75 bits per heavy atom. The Morgan fingerprint density at radius 1 is 1.08 bits per heavy atom. The minimum absolute atomic E-state index is 0.122. The second-order valence-corrected chi connectivity index (χ2v) is 9.51. The van der Waals surface area contributed by atoms with Crippen LogP contribution in [-0.4, -0.2) is 10.3 Å². The average molecular weight is 226 g/mol. The molecule has 0 fully saturated rings. The summed E-state index contributed by atoms with van der Waals surface area (Å²) in [5.74, 6) is 0. The van der Waals surface area contributed by atoms with Crippen molar-refractivity contribution in [2.45, 2.75) is 51.9 Å². The molecule has 0 aliphatic rings.